The maximum absolute atomic E-state index is 12.1. The smallest absolute Gasteiger partial charge is 0.254 e. The van der Waals surface area contributed by atoms with Gasteiger partial charge in [0.15, 0.2) is 0 Å². The van der Waals surface area contributed by atoms with Crippen molar-refractivity contribution in [3.8, 4) is 0 Å². The van der Waals surface area contributed by atoms with E-state index in [9.17, 15) is 4.79 Å². The van der Waals surface area contributed by atoms with Gasteiger partial charge in [-0.15, -0.1) is 11.3 Å². The molecule has 1 aromatic rings. The Labute approximate surface area is 111 Å². The normalized spacial score (nSPS) is 26.1. The number of fused-ring (bicyclic) bond motifs is 4. The molecular formula is C13H19N3OS. The number of hydrogen-bond acceptors (Lipinski definition) is 4. The van der Waals surface area contributed by atoms with Gasteiger partial charge in [0.25, 0.3) is 5.91 Å². The van der Waals surface area contributed by atoms with Crippen LogP contribution in [0.25, 0.3) is 0 Å². The number of carbonyl (C=O) groups excluding carboxylic acids is 1. The third kappa shape index (κ3) is 1.57. The second kappa shape index (κ2) is 4.24. The fourth-order valence-electron chi connectivity index (χ4n) is 3.28. The Bertz CT molecular complexity index is 497. The molecule has 1 saturated heterocycles. The molecule has 98 valence electrons. The van der Waals surface area contributed by atoms with E-state index in [1.165, 1.54) is 23.3 Å². The number of nitrogen functional groups attached to an aromatic ring is 1. The molecule has 2 unspecified atom stereocenters. The van der Waals surface area contributed by atoms with Gasteiger partial charge in [-0.05, 0) is 38.8 Å². The quantitative estimate of drug-likeness (QED) is 0.857. The number of nitrogens with zero attached hydrogens (tertiary/aromatic N) is 1. The molecule has 2 bridgehead atoms. The predicted molar refractivity (Wildman–Crippen MR) is 74.0 cm³/mol. The third-order valence-corrected chi connectivity index (χ3v) is 5.38. The van der Waals surface area contributed by atoms with Crippen LogP contribution < -0.4 is 11.1 Å². The largest absolute Gasteiger partial charge is 0.390 e. The van der Waals surface area contributed by atoms with Crippen molar-refractivity contribution in [2.45, 2.75) is 38.3 Å². The molecule has 2 atom stereocenters. The summed E-state index contributed by atoms with van der Waals surface area (Å²) in [7, 11) is 2.19. The first-order valence-electron chi connectivity index (χ1n) is 6.54. The number of anilines is 1. The number of nitrogens with two attached hydrogens (primary N) is 1. The SMILES string of the molecule is CCNC(=O)c1c(N)sc2c1CC1CCC2N1C. The molecule has 1 amide bonds. The van der Waals surface area contributed by atoms with Crippen molar-refractivity contribution in [1.29, 1.82) is 0 Å². The summed E-state index contributed by atoms with van der Waals surface area (Å²) in [6.07, 6.45) is 3.41. The molecule has 3 heterocycles. The molecule has 18 heavy (non-hydrogen) atoms. The molecule has 2 aliphatic rings. The second-order valence-electron chi connectivity index (χ2n) is 5.16. The lowest BCUT2D eigenvalue weighted by atomic mass is 9.97. The summed E-state index contributed by atoms with van der Waals surface area (Å²) in [4.78, 5) is 15.9. The lowest BCUT2D eigenvalue weighted by Crippen LogP contribution is -2.34. The van der Waals surface area contributed by atoms with Crippen molar-refractivity contribution in [1.82, 2.24) is 10.2 Å². The molecule has 0 radical (unpaired) electrons. The Morgan fingerprint density at radius 2 is 2.33 bits per heavy atom. The zero-order valence-electron chi connectivity index (χ0n) is 10.8. The van der Waals surface area contributed by atoms with E-state index in [1.807, 2.05) is 6.92 Å². The van der Waals surface area contributed by atoms with Crippen LogP contribution in [0.1, 0.15) is 46.6 Å². The number of nitrogens with one attached hydrogen (secondary N) is 1. The average Bonchev–Trinajstić information content (AvgIpc) is 2.76. The molecule has 3 N–H and O–H groups in total. The van der Waals surface area contributed by atoms with Crippen LogP contribution in [0.5, 0.6) is 0 Å². The summed E-state index contributed by atoms with van der Waals surface area (Å²) < 4.78 is 0. The van der Waals surface area contributed by atoms with E-state index >= 15 is 0 Å². The van der Waals surface area contributed by atoms with E-state index in [0.717, 1.165) is 12.0 Å². The van der Waals surface area contributed by atoms with Gasteiger partial charge in [-0.1, -0.05) is 0 Å². The zero-order valence-corrected chi connectivity index (χ0v) is 11.6. The fraction of sp³-hybridized carbons (Fsp3) is 0.615. The predicted octanol–water partition coefficient (Wildman–Crippen LogP) is 1.77. The molecule has 0 saturated carbocycles. The van der Waals surface area contributed by atoms with Gasteiger partial charge in [0.05, 0.1) is 10.6 Å². The minimum atomic E-state index is -0.00328. The van der Waals surface area contributed by atoms with Crippen LogP contribution in [0.15, 0.2) is 0 Å². The summed E-state index contributed by atoms with van der Waals surface area (Å²) in [6.45, 7) is 2.58. The molecule has 3 rings (SSSR count). The summed E-state index contributed by atoms with van der Waals surface area (Å²) in [5, 5.41) is 3.56. The number of amides is 1. The van der Waals surface area contributed by atoms with Gasteiger partial charge >= 0.3 is 0 Å². The zero-order chi connectivity index (χ0) is 12.9. The van der Waals surface area contributed by atoms with E-state index in [1.54, 1.807) is 11.3 Å². The van der Waals surface area contributed by atoms with Crippen LogP contribution in [0.4, 0.5) is 5.00 Å². The third-order valence-electron chi connectivity index (χ3n) is 4.21. The molecule has 2 aliphatic heterocycles. The minimum absolute atomic E-state index is 0.00328. The van der Waals surface area contributed by atoms with Crippen molar-refractivity contribution in [2.24, 2.45) is 0 Å². The highest BCUT2D eigenvalue weighted by molar-refractivity contribution is 7.16. The maximum Gasteiger partial charge on any atom is 0.254 e. The highest BCUT2D eigenvalue weighted by atomic mass is 32.1. The monoisotopic (exact) mass is 265 g/mol. The summed E-state index contributed by atoms with van der Waals surface area (Å²) in [6, 6.07) is 1.07. The standard InChI is InChI=1S/C13H19N3OS/c1-3-15-13(17)10-8-6-7-4-5-9(16(7)2)11(8)18-12(10)14/h7,9H,3-6,14H2,1-2H3,(H,15,17). The first-order valence-corrected chi connectivity index (χ1v) is 7.36. The lowest BCUT2D eigenvalue weighted by molar-refractivity contribution is 0.0955. The first-order chi connectivity index (χ1) is 8.63. The van der Waals surface area contributed by atoms with Crippen LogP contribution in [-0.4, -0.2) is 30.4 Å². The second-order valence-corrected chi connectivity index (χ2v) is 6.24. The first kappa shape index (κ1) is 12.0. The van der Waals surface area contributed by atoms with Crippen LogP contribution in [0.3, 0.4) is 0 Å². The molecule has 0 spiro atoms. The number of likely N-dealkylation sites (N-methyl/N-ethyl adjacent to an activating group) is 1. The molecule has 0 aromatic carbocycles. The van der Waals surface area contributed by atoms with Gasteiger partial charge in [0.1, 0.15) is 0 Å². The number of carbonyl (C=O) groups is 1. The van der Waals surface area contributed by atoms with Gasteiger partial charge in [0.2, 0.25) is 0 Å². The summed E-state index contributed by atoms with van der Waals surface area (Å²) >= 11 is 1.61. The van der Waals surface area contributed by atoms with E-state index in [0.29, 0.717) is 23.6 Å². The van der Waals surface area contributed by atoms with Crippen LogP contribution in [0.2, 0.25) is 0 Å². The van der Waals surface area contributed by atoms with Crippen LogP contribution in [-0.2, 0) is 6.42 Å². The van der Waals surface area contributed by atoms with Crippen molar-refractivity contribution in [2.75, 3.05) is 19.3 Å². The molecule has 1 aromatic heterocycles. The molecular weight excluding hydrogens is 246 g/mol. The van der Waals surface area contributed by atoms with Crippen molar-refractivity contribution in [3.05, 3.63) is 16.0 Å². The average molecular weight is 265 g/mol. The van der Waals surface area contributed by atoms with E-state index in [4.69, 9.17) is 5.73 Å². The minimum Gasteiger partial charge on any atom is -0.390 e. The topological polar surface area (TPSA) is 58.4 Å². The van der Waals surface area contributed by atoms with Crippen LogP contribution >= 0.6 is 11.3 Å². The van der Waals surface area contributed by atoms with Gasteiger partial charge in [-0.2, -0.15) is 0 Å². The Morgan fingerprint density at radius 3 is 3.06 bits per heavy atom. The summed E-state index contributed by atoms with van der Waals surface area (Å²) in [5.74, 6) is -0.00328. The van der Waals surface area contributed by atoms with Gasteiger partial charge in [0, 0.05) is 23.5 Å². The Hall–Kier alpha value is -1.07. The molecule has 4 nitrogen and oxygen atoms in total. The highest BCUT2D eigenvalue weighted by Crippen LogP contribution is 2.48. The Kier molecular flexibility index (Phi) is 2.83. The highest BCUT2D eigenvalue weighted by Gasteiger charge is 2.41. The van der Waals surface area contributed by atoms with Crippen molar-refractivity contribution >= 4 is 22.2 Å². The number of hydrogen-bond donors (Lipinski definition) is 2. The van der Waals surface area contributed by atoms with Crippen molar-refractivity contribution < 1.29 is 4.79 Å². The fourth-order valence-corrected chi connectivity index (χ4v) is 4.57. The molecule has 1 fully saturated rings. The number of rotatable bonds is 2. The molecule has 5 heteroatoms. The van der Waals surface area contributed by atoms with Gasteiger partial charge in [-0.3, -0.25) is 9.69 Å². The molecule has 0 aliphatic carbocycles. The Morgan fingerprint density at radius 1 is 1.56 bits per heavy atom. The van der Waals surface area contributed by atoms with Crippen LogP contribution in [0, 0.1) is 0 Å². The lowest BCUT2D eigenvalue weighted by Gasteiger charge is -2.31. The Balaban J connectivity index is 2.04. The van der Waals surface area contributed by atoms with Crippen molar-refractivity contribution in [3.63, 3.8) is 0 Å². The van der Waals surface area contributed by atoms with E-state index in [2.05, 4.69) is 17.3 Å². The number of thiophene rings is 1. The summed E-state index contributed by atoms with van der Waals surface area (Å²) in [5.41, 5.74) is 8.04. The van der Waals surface area contributed by atoms with E-state index < -0.39 is 0 Å². The van der Waals surface area contributed by atoms with E-state index in [-0.39, 0.29) is 5.91 Å². The van der Waals surface area contributed by atoms with Gasteiger partial charge in [-0.25, -0.2) is 0 Å². The van der Waals surface area contributed by atoms with Gasteiger partial charge < -0.3 is 11.1 Å². The maximum atomic E-state index is 12.1.